The number of hydrogen-bond donors (Lipinski definition) is 7. The van der Waals surface area contributed by atoms with Gasteiger partial charge in [0.2, 0.25) is 17.7 Å². The van der Waals surface area contributed by atoms with Crippen LogP contribution in [0.1, 0.15) is 34.1 Å². The van der Waals surface area contributed by atoms with Crippen molar-refractivity contribution in [2.75, 3.05) is 0 Å². The van der Waals surface area contributed by atoms with Gasteiger partial charge >= 0.3 is 11.9 Å². The van der Waals surface area contributed by atoms with Crippen molar-refractivity contribution in [1.29, 1.82) is 0 Å². The van der Waals surface area contributed by atoms with E-state index in [1.165, 1.54) is 6.92 Å². The largest absolute Gasteiger partial charge is 0.481 e. The predicted octanol–water partition coefficient (Wildman–Crippen LogP) is -2.62. The molecule has 0 aromatic carbocycles. The van der Waals surface area contributed by atoms with Gasteiger partial charge in [0.1, 0.15) is 12.1 Å². The fraction of sp³-hybridized carbons (Fsp3) is 0.688. The molecule has 3 amide bonds. The zero-order valence-corrected chi connectivity index (χ0v) is 16.1. The number of nitrogens with one attached hydrogen (secondary N) is 3. The molecule has 0 saturated carbocycles. The summed E-state index contributed by atoms with van der Waals surface area (Å²) in [4.78, 5) is 58.7. The van der Waals surface area contributed by atoms with Crippen LogP contribution in [0, 0.1) is 5.92 Å². The van der Waals surface area contributed by atoms with Gasteiger partial charge < -0.3 is 37.0 Å². The SMILES string of the molecule is CC(N)C(=O)NC(C(=O)NC(CC(=O)O)C(=O)NC(C(=O)O)C(C)O)C(C)C. The molecule has 5 atom stereocenters. The molecule has 0 aliphatic heterocycles. The third-order valence-electron chi connectivity index (χ3n) is 3.72. The van der Waals surface area contributed by atoms with Gasteiger partial charge in [0.25, 0.3) is 0 Å². The molecule has 0 aromatic rings. The summed E-state index contributed by atoms with van der Waals surface area (Å²) in [5.41, 5.74) is 5.45. The number of carbonyl (C=O) groups excluding carboxylic acids is 3. The highest BCUT2D eigenvalue weighted by Crippen LogP contribution is 2.05. The monoisotopic (exact) mass is 404 g/mol. The van der Waals surface area contributed by atoms with Crippen LogP contribution in [0.4, 0.5) is 0 Å². The lowest BCUT2D eigenvalue weighted by Gasteiger charge is -2.26. The number of aliphatic hydroxyl groups excluding tert-OH is 1. The number of aliphatic hydroxyl groups is 1. The van der Waals surface area contributed by atoms with Crippen molar-refractivity contribution >= 4 is 29.7 Å². The summed E-state index contributed by atoms with van der Waals surface area (Å²) in [5.74, 6) is -5.94. The highest BCUT2D eigenvalue weighted by atomic mass is 16.4. The Kier molecular flexibility index (Phi) is 10.1. The maximum absolute atomic E-state index is 12.5. The number of rotatable bonds is 11. The van der Waals surface area contributed by atoms with Crippen LogP contribution < -0.4 is 21.7 Å². The first kappa shape index (κ1) is 25.3. The predicted molar refractivity (Wildman–Crippen MR) is 95.8 cm³/mol. The number of carboxylic acid groups (broad SMARTS) is 2. The standard InChI is InChI=1S/C16H28N4O8/c1-6(2)11(19-13(24)7(3)17)15(26)18-9(5-10(22)23)14(25)20-12(8(4)21)16(27)28/h6-9,11-12,21H,5,17H2,1-4H3,(H,18,26)(H,19,24)(H,20,25)(H,22,23)(H,27,28). The summed E-state index contributed by atoms with van der Waals surface area (Å²) < 4.78 is 0. The molecule has 0 heterocycles. The molecule has 0 rings (SSSR count). The average Bonchev–Trinajstić information content (AvgIpc) is 2.54. The van der Waals surface area contributed by atoms with Crippen molar-refractivity contribution in [2.45, 2.75) is 64.4 Å². The number of carbonyl (C=O) groups is 5. The van der Waals surface area contributed by atoms with Gasteiger partial charge in [-0.3, -0.25) is 19.2 Å². The first-order valence-electron chi connectivity index (χ1n) is 8.57. The summed E-state index contributed by atoms with van der Waals surface area (Å²) in [6, 6.07) is -5.32. The minimum absolute atomic E-state index is 0.416. The van der Waals surface area contributed by atoms with Gasteiger partial charge in [0.15, 0.2) is 6.04 Å². The van der Waals surface area contributed by atoms with Crippen LogP contribution in [0.2, 0.25) is 0 Å². The number of aliphatic carboxylic acids is 2. The molecule has 5 unspecified atom stereocenters. The fourth-order valence-electron chi connectivity index (χ4n) is 2.11. The average molecular weight is 404 g/mol. The Balaban J connectivity index is 5.41. The van der Waals surface area contributed by atoms with E-state index in [9.17, 15) is 29.1 Å². The Labute approximate surface area is 161 Å². The molecule has 12 nitrogen and oxygen atoms in total. The first-order valence-corrected chi connectivity index (χ1v) is 8.57. The molecule has 0 radical (unpaired) electrons. The molecular weight excluding hydrogens is 376 g/mol. The van der Waals surface area contributed by atoms with Crippen molar-refractivity contribution in [3.8, 4) is 0 Å². The highest BCUT2D eigenvalue weighted by molar-refractivity contribution is 5.95. The van der Waals surface area contributed by atoms with Gasteiger partial charge in [-0.2, -0.15) is 0 Å². The Morgan fingerprint density at radius 3 is 1.68 bits per heavy atom. The minimum atomic E-state index is -1.70. The van der Waals surface area contributed by atoms with E-state index in [0.717, 1.165) is 6.92 Å². The van der Waals surface area contributed by atoms with Crippen LogP contribution in [-0.4, -0.2) is 75.3 Å². The fourth-order valence-corrected chi connectivity index (χ4v) is 2.11. The minimum Gasteiger partial charge on any atom is -0.481 e. The summed E-state index contributed by atoms with van der Waals surface area (Å²) in [6.07, 6.45) is -2.30. The Bertz CT molecular complexity index is 605. The third kappa shape index (κ3) is 8.31. The van der Waals surface area contributed by atoms with Gasteiger partial charge in [-0.15, -0.1) is 0 Å². The molecule has 0 bridgehead atoms. The molecule has 0 aromatic heterocycles. The van der Waals surface area contributed by atoms with E-state index >= 15 is 0 Å². The molecule has 0 saturated heterocycles. The Hall–Kier alpha value is -2.73. The van der Waals surface area contributed by atoms with Gasteiger partial charge in [0.05, 0.1) is 18.6 Å². The Morgan fingerprint density at radius 2 is 1.32 bits per heavy atom. The van der Waals surface area contributed by atoms with Crippen LogP contribution >= 0.6 is 0 Å². The lowest BCUT2D eigenvalue weighted by molar-refractivity contribution is -0.146. The molecule has 0 aliphatic rings. The molecule has 0 spiro atoms. The molecule has 0 fully saturated rings. The van der Waals surface area contributed by atoms with Gasteiger partial charge in [-0.1, -0.05) is 13.8 Å². The van der Waals surface area contributed by atoms with Crippen molar-refractivity contribution in [1.82, 2.24) is 16.0 Å². The second-order valence-electron chi connectivity index (χ2n) is 6.74. The summed E-state index contributed by atoms with van der Waals surface area (Å²) in [6.45, 7) is 5.77. The first-order chi connectivity index (χ1) is 12.8. The van der Waals surface area contributed by atoms with Crippen molar-refractivity contribution < 1.29 is 39.3 Å². The van der Waals surface area contributed by atoms with E-state index in [2.05, 4.69) is 10.6 Å². The van der Waals surface area contributed by atoms with E-state index in [4.69, 9.17) is 15.9 Å². The lowest BCUT2D eigenvalue weighted by atomic mass is 10.0. The second-order valence-corrected chi connectivity index (χ2v) is 6.74. The van der Waals surface area contributed by atoms with E-state index in [1.54, 1.807) is 13.8 Å². The molecular formula is C16H28N4O8. The zero-order valence-electron chi connectivity index (χ0n) is 16.1. The number of nitrogens with two attached hydrogens (primary N) is 1. The molecule has 12 heteroatoms. The van der Waals surface area contributed by atoms with Crippen LogP contribution in [0.3, 0.4) is 0 Å². The quantitative estimate of drug-likeness (QED) is 0.192. The van der Waals surface area contributed by atoms with Crippen molar-refractivity contribution in [3.05, 3.63) is 0 Å². The van der Waals surface area contributed by atoms with Crippen LogP contribution in [-0.2, 0) is 24.0 Å². The number of amides is 3. The van der Waals surface area contributed by atoms with Gasteiger partial charge in [-0.05, 0) is 19.8 Å². The second kappa shape index (κ2) is 11.2. The van der Waals surface area contributed by atoms with E-state index in [-0.39, 0.29) is 0 Å². The molecule has 0 aliphatic carbocycles. The van der Waals surface area contributed by atoms with E-state index in [1.807, 2.05) is 5.32 Å². The molecule has 8 N–H and O–H groups in total. The van der Waals surface area contributed by atoms with Crippen LogP contribution in [0.15, 0.2) is 0 Å². The smallest absolute Gasteiger partial charge is 0.328 e. The van der Waals surface area contributed by atoms with Gasteiger partial charge in [0, 0.05) is 0 Å². The van der Waals surface area contributed by atoms with Crippen molar-refractivity contribution in [3.63, 3.8) is 0 Å². The van der Waals surface area contributed by atoms with Crippen LogP contribution in [0.25, 0.3) is 0 Å². The zero-order chi connectivity index (χ0) is 22.2. The highest BCUT2D eigenvalue weighted by Gasteiger charge is 2.33. The lowest BCUT2D eigenvalue weighted by Crippen LogP contribution is -2.59. The summed E-state index contributed by atoms with van der Waals surface area (Å²) in [5, 5.41) is 34.0. The van der Waals surface area contributed by atoms with Crippen LogP contribution in [0.5, 0.6) is 0 Å². The topological polar surface area (TPSA) is 208 Å². The maximum Gasteiger partial charge on any atom is 0.328 e. The molecule has 28 heavy (non-hydrogen) atoms. The van der Waals surface area contributed by atoms with Crippen molar-refractivity contribution in [2.24, 2.45) is 11.7 Å². The number of hydrogen-bond acceptors (Lipinski definition) is 7. The normalized spacial score (nSPS) is 16.2. The van der Waals surface area contributed by atoms with E-state index in [0.29, 0.717) is 0 Å². The summed E-state index contributed by atoms with van der Waals surface area (Å²) in [7, 11) is 0. The van der Waals surface area contributed by atoms with Gasteiger partial charge in [-0.25, -0.2) is 4.79 Å². The Morgan fingerprint density at radius 1 is 0.821 bits per heavy atom. The third-order valence-corrected chi connectivity index (χ3v) is 3.72. The molecule has 160 valence electrons. The summed E-state index contributed by atoms with van der Waals surface area (Å²) >= 11 is 0. The maximum atomic E-state index is 12.5. The van der Waals surface area contributed by atoms with E-state index < -0.39 is 72.3 Å². The number of carboxylic acids is 2.